The number of carbonyl (C=O) groups is 2. The Labute approximate surface area is 64.2 Å². The Bertz CT molecular complexity index is 208. The van der Waals surface area contributed by atoms with E-state index in [1.807, 2.05) is 5.92 Å². The van der Waals surface area contributed by atoms with E-state index in [2.05, 4.69) is 10.7 Å². The summed E-state index contributed by atoms with van der Waals surface area (Å²) < 4.78 is 4.62. The summed E-state index contributed by atoms with van der Waals surface area (Å²) in [6.45, 7) is 0.403. The Balaban J connectivity index is 3.69. The maximum absolute atomic E-state index is 10.3. The minimum absolute atomic E-state index is 0.371. The van der Waals surface area contributed by atoms with Gasteiger partial charge in [-0.15, -0.1) is 0 Å². The molecule has 0 bridgehead atoms. The molecule has 0 atom stereocenters. The van der Waals surface area contributed by atoms with Crippen molar-refractivity contribution in [2.45, 2.75) is 6.42 Å². The van der Waals surface area contributed by atoms with Crippen molar-refractivity contribution < 1.29 is 19.4 Å². The fraction of sp³-hybridized carbons (Fsp3) is 0.429. The average Bonchev–Trinajstić information content (AvgIpc) is 1.97. The van der Waals surface area contributed by atoms with E-state index in [1.165, 1.54) is 7.11 Å². The zero-order valence-corrected chi connectivity index (χ0v) is 6.09. The fourth-order valence-corrected chi connectivity index (χ4v) is 0.349. The molecule has 0 aromatic rings. The summed E-state index contributed by atoms with van der Waals surface area (Å²) in [6.07, 6.45) is 0.371. The SMILES string of the molecule is COCCC#CC(=O)C(=O)O. The van der Waals surface area contributed by atoms with Crippen LogP contribution < -0.4 is 0 Å². The summed E-state index contributed by atoms with van der Waals surface area (Å²) in [6, 6.07) is 0. The van der Waals surface area contributed by atoms with Crippen LogP contribution in [0.2, 0.25) is 0 Å². The molecule has 1 N–H and O–H groups in total. The van der Waals surface area contributed by atoms with Gasteiger partial charge in [-0.1, -0.05) is 5.92 Å². The molecule has 0 aliphatic heterocycles. The first-order chi connectivity index (χ1) is 5.18. The molecule has 11 heavy (non-hydrogen) atoms. The summed E-state index contributed by atoms with van der Waals surface area (Å²) >= 11 is 0. The summed E-state index contributed by atoms with van der Waals surface area (Å²) in [5.74, 6) is 1.71. The minimum Gasteiger partial charge on any atom is -0.475 e. The van der Waals surface area contributed by atoms with E-state index in [0.717, 1.165) is 0 Å². The van der Waals surface area contributed by atoms with Gasteiger partial charge in [0.1, 0.15) is 0 Å². The third-order valence-corrected chi connectivity index (χ3v) is 0.827. The van der Waals surface area contributed by atoms with Gasteiger partial charge in [0.25, 0.3) is 0 Å². The lowest BCUT2D eigenvalue weighted by atomic mass is 10.3. The number of aliphatic carboxylic acids is 1. The van der Waals surface area contributed by atoms with Gasteiger partial charge >= 0.3 is 11.8 Å². The van der Waals surface area contributed by atoms with Crippen LogP contribution in [0.4, 0.5) is 0 Å². The van der Waals surface area contributed by atoms with Gasteiger partial charge < -0.3 is 9.84 Å². The number of carboxylic acid groups (broad SMARTS) is 1. The lowest BCUT2D eigenvalue weighted by Gasteiger charge is -1.86. The number of ketones is 1. The number of rotatable bonds is 3. The summed E-state index contributed by atoms with van der Waals surface area (Å²) in [7, 11) is 1.50. The Kier molecular flexibility index (Phi) is 4.78. The number of carbonyl (C=O) groups excluding carboxylic acids is 1. The van der Waals surface area contributed by atoms with E-state index in [9.17, 15) is 9.59 Å². The van der Waals surface area contributed by atoms with Gasteiger partial charge in [-0.25, -0.2) is 4.79 Å². The van der Waals surface area contributed by atoms with Gasteiger partial charge in [0.2, 0.25) is 0 Å². The first kappa shape index (κ1) is 9.66. The highest BCUT2D eigenvalue weighted by molar-refractivity contribution is 6.40. The van der Waals surface area contributed by atoms with Gasteiger partial charge in [0.15, 0.2) is 0 Å². The highest BCUT2D eigenvalue weighted by Crippen LogP contribution is 1.76. The van der Waals surface area contributed by atoms with Gasteiger partial charge in [-0.2, -0.15) is 0 Å². The highest BCUT2D eigenvalue weighted by atomic mass is 16.5. The molecule has 0 saturated heterocycles. The van der Waals surface area contributed by atoms with Gasteiger partial charge in [0, 0.05) is 13.5 Å². The molecule has 0 fully saturated rings. The van der Waals surface area contributed by atoms with Crippen LogP contribution in [0.3, 0.4) is 0 Å². The predicted molar refractivity (Wildman–Crippen MR) is 36.9 cm³/mol. The lowest BCUT2D eigenvalue weighted by molar-refractivity contribution is -0.146. The highest BCUT2D eigenvalue weighted by Gasteiger charge is 2.04. The number of hydrogen-bond acceptors (Lipinski definition) is 3. The topological polar surface area (TPSA) is 63.6 Å². The van der Waals surface area contributed by atoms with Gasteiger partial charge in [-0.3, -0.25) is 4.79 Å². The van der Waals surface area contributed by atoms with Crippen LogP contribution in [0.1, 0.15) is 6.42 Å². The number of hydrogen-bond donors (Lipinski definition) is 1. The lowest BCUT2D eigenvalue weighted by Crippen LogP contribution is -2.09. The molecule has 0 heterocycles. The normalized spacial score (nSPS) is 8.09. The van der Waals surface area contributed by atoms with Gasteiger partial charge in [0.05, 0.1) is 6.61 Å². The van der Waals surface area contributed by atoms with Crippen molar-refractivity contribution in [3.63, 3.8) is 0 Å². The van der Waals surface area contributed by atoms with E-state index in [0.29, 0.717) is 13.0 Å². The smallest absolute Gasteiger partial charge is 0.385 e. The van der Waals surface area contributed by atoms with E-state index < -0.39 is 11.8 Å². The second-order valence-electron chi connectivity index (χ2n) is 1.68. The fourth-order valence-electron chi connectivity index (χ4n) is 0.349. The molecule has 0 rings (SSSR count). The summed E-state index contributed by atoms with van der Waals surface area (Å²) in [5.41, 5.74) is 0. The monoisotopic (exact) mass is 156 g/mol. The molecular formula is C7H8O4. The zero-order valence-electron chi connectivity index (χ0n) is 6.09. The molecule has 4 heteroatoms. The molecule has 0 aliphatic rings. The van der Waals surface area contributed by atoms with Crippen LogP contribution in [0.25, 0.3) is 0 Å². The van der Waals surface area contributed by atoms with Crippen molar-refractivity contribution >= 4 is 11.8 Å². The second-order valence-corrected chi connectivity index (χ2v) is 1.68. The van der Waals surface area contributed by atoms with Crippen molar-refractivity contribution in [1.82, 2.24) is 0 Å². The van der Waals surface area contributed by atoms with Crippen molar-refractivity contribution in [2.24, 2.45) is 0 Å². The molecule has 0 saturated carbocycles. The van der Waals surface area contributed by atoms with Crippen LogP contribution in [-0.4, -0.2) is 30.6 Å². The molecular weight excluding hydrogens is 148 g/mol. The maximum atomic E-state index is 10.3. The van der Waals surface area contributed by atoms with E-state index in [-0.39, 0.29) is 0 Å². The molecule has 4 nitrogen and oxygen atoms in total. The quantitative estimate of drug-likeness (QED) is 0.263. The maximum Gasteiger partial charge on any atom is 0.385 e. The zero-order chi connectivity index (χ0) is 8.69. The van der Waals surface area contributed by atoms with Crippen molar-refractivity contribution in [3.05, 3.63) is 0 Å². The van der Waals surface area contributed by atoms with Gasteiger partial charge in [-0.05, 0) is 5.92 Å². The number of Topliss-reactive ketones (excluding diaryl/α,β-unsaturated/α-hetero) is 1. The first-order valence-electron chi connectivity index (χ1n) is 2.93. The Morgan fingerprint density at radius 2 is 2.18 bits per heavy atom. The van der Waals surface area contributed by atoms with E-state index in [4.69, 9.17) is 5.11 Å². The molecule has 0 radical (unpaired) electrons. The standard InChI is InChI=1S/C7H8O4/c1-11-5-3-2-4-6(8)7(9)10/h3,5H2,1H3,(H,9,10). The van der Waals surface area contributed by atoms with Crippen molar-refractivity contribution in [2.75, 3.05) is 13.7 Å². The molecule has 0 aromatic heterocycles. The Morgan fingerprint density at radius 3 is 2.64 bits per heavy atom. The summed E-state index contributed by atoms with van der Waals surface area (Å²) in [4.78, 5) is 20.2. The number of ether oxygens (including phenoxy) is 1. The van der Waals surface area contributed by atoms with Crippen LogP contribution >= 0.6 is 0 Å². The van der Waals surface area contributed by atoms with Crippen molar-refractivity contribution in [1.29, 1.82) is 0 Å². The number of methoxy groups -OCH3 is 1. The second kappa shape index (κ2) is 5.45. The largest absolute Gasteiger partial charge is 0.475 e. The van der Waals surface area contributed by atoms with Crippen LogP contribution in [0.15, 0.2) is 0 Å². The first-order valence-corrected chi connectivity index (χ1v) is 2.93. The minimum atomic E-state index is -1.52. The number of carboxylic acids is 1. The molecule has 0 amide bonds. The molecule has 60 valence electrons. The molecule has 0 aromatic carbocycles. The average molecular weight is 156 g/mol. The van der Waals surface area contributed by atoms with E-state index >= 15 is 0 Å². The van der Waals surface area contributed by atoms with Crippen molar-refractivity contribution in [3.8, 4) is 11.8 Å². The summed E-state index contributed by atoms with van der Waals surface area (Å²) in [5, 5.41) is 8.06. The predicted octanol–water partition coefficient (Wildman–Crippen LogP) is -0.320. The Hall–Kier alpha value is -1.34. The molecule has 0 aliphatic carbocycles. The van der Waals surface area contributed by atoms with Crippen LogP contribution in [0, 0.1) is 11.8 Å². The molecule has 0 unspecified atom stereocenters. The van der Waals surface area contributed by atoms with Crippen LogP contribution in [-0.2, 0) is 14.3 Å². The molecule has 0 spiro atoms. The van der Waals surface area contributed by atoms with E-state index in [1.54, 1.807) is 0 Å². The third kappa shape index (κ3) is 5.12. The Morgan fingerprint density at radius 1 is 1.55 bits per heavy atom. The third-order valence-electron chi connectivity index (χ3n) is 0.827. The van der Waals surface area contributed by atoms with Crippen LogP contribution in [0.5, 0.6) is 0 Å².